The number of aromatic nitrogens is 2. The summed E-state index contributed by atoms with van der Waals surface area (Å²) in [4.78, 5) is 7.25. The Labute approximate surface area is 102 Å². The maximum atomic E-state index is 5.53. The van der Waals surface area contributed by atoms with E-state index in [4.69, 9.17) is 5.84 Å². The number of imidazole rings is 1. The van der Waals surface area contributed by atoms with Crippen LogP contribution in [-0.4, -0.2) is 9.97 Å². The number of aromatic amines is 1. The third kappa shape index (κ3) is 2.69. The maximum Gasteiger partial charge on any atom is 0.124 e. The topological polar surface area (TPSA) is 66.7 Å². The molecule has 2 rings (SSSR count). The average Bonchev–Trinajstić information content (AvgIpc) is 2.79. The lowest BCUT2D eigenvalue weighted by Gasteiger charge is -2.13. The van der Waals surface area contributed by atoms with Gasteiger partial charge in [-0.25, -0.2) is 10.4 Å². The standard InChI is InChI=1S/C11H13BrN4/c12-9-3-1-2-8(6-9)7-10(16-13)11-14-4-5-15-11/h1-6,10,16H,7,13H2,(H,14,15). The molecule has 1 atom stereocenters. The summed E-state index contributed by atoms with van der Waals surface area (Å²) in [6.07, 6.45) is 4.31. The Hall–Kier alpha value is -1.17. The molecular weight excluding hydrogens is 268 g/mol. The fraction of sp³-hybridized carbons (Fsp3) is 0.182. The highest BCUT2D eigenvalue weighted by Crippen LogP contribution is 2.17. The molecule has 5 heteroatoms. The van der Waals surface area contributed by atoms with Crippen molar-refractivity contribution in [3.05, 3.63) is 52.5 Å². The van der Waals surface area contributed by atoms with Gasteiger partial charge in [0.25, 0.3) is 0 Å². The number of halogens is 1. The van der Waals surface area contributed by atoms with E-state index in [1.54, 1.807) is 12.4 Å². The molecule has 1 aromatic heterocycles. The van der Waals surface area contributed by atoms with Crippen LogP contribution in [0.2, 0.25) is 0 Å². The SMILES string of the molecule is NNC(Cc1cccc(Br)c1)c1ncc[nH]1. The smallest absolute Gasteiger partial charge is 0.124 e. The number of rotatable bonds is 4. The van der Waals surface area contributed by atoms with Crippen LogP contribution in [-0.2, 0) is 6.42 Å². The summed E-state index contributed by atoms with van der Waals surface area (Å²) in [7, 11) is 0. The zero-order chi connectivity index (χ0) is 11.4. The van der Waals surface area contributed by atoms with Gasteiger partial charge in [0.2, 0.25) is 0 Å². The van der Waals surface area contributed by atoms with Gasteiger partial charge >= 0.3 is 0 Å². The van der Waals surface area contributed by atoms with E-state index in [2.05, 4.69) is 43.5 Å². The molecular formula is C11H13BrN4. The molecule has 0 saturated carbocycles. The Morgan fingerprint density at radius 1 is 1.50 bits per heavy atom. The Morgan fingerprint density at radius 2 is 2.38 bits per heavy atom. The average molecular weight is 281 g/mol. The Bertz CT molecular complexity index is 441. The second-order valence-corrected chi connectivity index (χ2v) is 4.44. The molecule has 1 aromatic carbocycles. The highest BCUT2D eigenvalue weighted by Gasteiger charge is 2.12. The predicted molar refractivity (Wildman–Crippen MR) is 66.5 cm³/mol. The number of hydrogen-bond acceptors (Lipinski definition) is 3. The van der Waals surface area contributed by atoms with E-state index in [1.165, 1.54) is 5.56 Å². The molecule has 0 amide bonds. The second kappa shape index (κ2) is 5.25. The molecule has 0 radical (unpaired) electrons. The van der Waals surface area contributed by atoms with Gasteiger partial charge in [0.15, 0.2) is 0 Å². The van der Waals surface area contributed by atoms with Gasteiger partial charge in [0, 0.05) is 16.9 Å². The van der Waals surface area contributed by atoms with E-state index in [0.717, 1.165) is 16.7 Å². The molecule has 0 fully saturated rings. The van der Waals surface area contributed by atoms with E-state index in [1.807, 2.05) is 12.1 Å². The molecule has 1 heterocycles. The fourth-order valence-electron chi connectivity index (χ4n) is 1.60. The lowest BCUT2D eigenvalue weighted by atomic mass is 10.1. The first-order chi connectivity index (χ1) is 7.79. The minimum absolute atomic E-state index is 0.00398. The normalized spacial score (nSPS) is 12.6. The predicted octanol–water partition coefficient (Wildman–Crippen LogP) is 1.92. The molecule has 4 nitrogen and oxygen atoms in total. The zero-order valence-corrected chi connectivity index (χ0v) is 10.2. The number of benzene rings is 1. The van der Waals surface area contributed by atoms with Gasteiger partial charge in [-0.3, -0.25) is 5.84 Å². The van der Waals surface area contributed by atoms with Gasteiger partial charge in [-0.1, -0.05) is 28.1 Å². The fourth-order valence-corrected chi connectivity index (χ4v) is 2.05. The van der Waals surface area contributed by atoms with Crippen LogP contribution in [0.15, 0.2) is 41.1 Å². The molecule has 2 aromatic rings. The number of H-pyrrole nitrogens is 1. The lowest BCUT2D eigenvalue weighted by Crippen LogP contribution is -2.30. The van der Waals surface area contributed by atoms with Crippen molar-refractivity contribution in [1.29, 1.82) is 0 Å². The summed E-state index contributed by atoms with van der Waals surface area (Å²) < 4.78 is 1.07. The summed E-state index contributed by atoms with van der Waals surface area (Å²) in [6, 6.07) is 8.16. The van der Waals surface area contributed by atoms with Crippen LogP contribution in [0.25, 0.3) is 0 Å². The van der Waals surface area contributed by atoms with Crippen molar-refractivity contribution in [2.24, 2.45) is 5.84 Å². The zero-order valence-electron chi connectivity index (χ0n) is 8.65. The van der Waals surface area contributed by atoms with Crippen molar-refractivity contribution in [1.82, 2.24) is 15.4 Å². The van der Waals surface area contributed by atoms with Gasteiger partial charge in [-0.05, 0) is 24.1 Å². The van der Waals surface area contributed by atoms with Crippen LogP contribution in [0.3, 0.4) is 0 Å². The van der Waals surface area contributed by atoms with E-state index < -0.39 is 0 Å². The van der Waals surface area contributed by atoms with Gasteiger partial charge in [-0.15, -0.1) is 0 Å². The van der Waals surface area contributed by atoms with Crippen molar-refractivity contribution in [3.63, 3.8) is 0 Å². The number of nitrogens with one attached hydrogen (secondary N) is 2. The van der Waals surface area contributed by atoms with Gasteiger partial charge in [0.1, 0.15) is 5.82 Å². The molecule has 84 valence electrons. The van der Waals surface area contributed by atoms with Crippen LogP contribution in [0.1, 0.15) is 17.4 Å². The number of hydrazine groups is 1. The van der Waals surface area contributed by atoms with Crippen molar-refractivity contribution in [3.8, 4) is 0 Å². The Kier molecular flexibility index (Phi) is 3.71. The van der Waals surface area contributed by atoms with Gasteiger partial charge in [0.05, 0.1) is 6.04 Å². The summed E-state index contributed by atoms with van der Waals surface area (Å²) in [5.74, 6) is 6.38. The number of nitrogens with two attached hydrogens (primary N) is 1. The van der Waals surface area contributed by atoms with E-state index >= 15 is 0 Å². The van der Waals surface area contributed by atoms with Crippen molar-refractivity contribution in [2.75, 3.05) is 0 Å². The highest BCUT2D eigenvalue weighted by atomic mass is 79.9. The summed E-state index contributed by atoms with van der Waals surface area (Å²) in [5, 5.41) is 0. The first kappa shape index (κ1) is 11.3. The van der Waals surface area contributed by atoms with Crippen molar-refractivity contribution < 1.29 is 0 Å². The molecule has 0 bridgehead atoms. The van der Waals surface area contributed by atoms with Crippen LogP contribution in [0, 0.1) is 0 Å². The number of hydrogen-bond donors (Lipinski definition) is 3. The Morgan fingerprint density at radius 3 is 3.00 bits per heavy atom. The molecule has 0 aliphatic carbocycles. The van der Waals surface area contributed by atoms with E-state index in [0.29, 0.717) is 0 Å². The van der Waals surface area contributed by atoms with Crippen LogP contribution >= 0.6 is 15.9 Å². The minimum atomic E-state index is 0.00398. The van der Waals surface area contributed by atoms with Crippen LogP contribution in [0.4, 0.5) is 0 Å². The van der Waals surface area contributed by atoms with Crippen LogP contribution in [0.5, 0.6) is 0 Å². The van der Waals surface area contributed by atoms with Crippen LogP contribution < -0.4 is 11.3 Å². The highest BCUT2D eigenvalue weighted by molar-refractivity contribution is 9.10. The monoisotopic (exact) mass is 280 g/mol. The van der Waals surface area contributed by atoms with Gasteiger partial charge < -0.3 is 4.98 Å². The van der Waals surface area contributed by atoms with Gasteiger partial charge in [-0.2, -0.15) is 0 Å². The first-order valence-corrected chi connectivity index (χ1v) is 5.78. The maximum absolute atomic E-state index is 5.53. The second-order valence-electron chi connectivity index (χ2n) is 3.53. The molecule has 0 spiro atoms. The Balaban J connectivity index is 2.13. The molecule has 0 saturated heterocycles. The molecule has 1 unspecified atom stereocenters. The molecule has 0 aliphatic heterocycles. The molecule has 4 N–H and O–H groups in total. The third-order valence-corrected chi connectivity index (χ3v) is 2.87. The summed E-state index contributed by atoms with van der Waals surface area (Å²) in [6.45, 7) is 0. The van der Waals surface area contributed by atoms with E-state index in [9.17, 15) is 0 Å². The summed E-state index contributed by atoms with van der Waals surface area (Å²) in [5.41, 5.74) is 3.97. The number of nitrogens with zero attached hydrogens (tertiary/aromatic N) is 1. The quantitative estimate of drug-likeness (QED) is 0.592. The van der Waals surface area contributed by atoms with E-state index in [-0.39, 0.29) is 6.04 Å². The first-order valence-electron chi connectivity index (χ1n) is 4.99. The minimum Gasteiger partial charge on any atom is -0.347 e. The third-order valence-electron chi connectivity index (χ3n) is 2.38. The lowest BCUT2D eigenvalue weighted by molar-refractivity contribution is 0.527. The summed E-state index contributed by atoms with van der Waals surface area (Å²) >= 11 is 3.45. The molecule has 16 heavy (non-hydrogen) atoms. The van der Waals surface area contributed by atoms with Crippen molar-refractivity contribution in [2.45, 2.75) is 12.5 Å². The molecule has 0 aliphatic rings. The largest absolute Gasteiger partial charge is 0.347 e. The van der Waals surface area contributed by atoms with Crippen molar-refractivity contribution >= 4 is 15.9 Å².